The minimum Gasteiger partial charge on any atom is -0.495 e. The van der Waals surface area contributed by atoms with E-state index in [9.17, 15) is 9.59 Å². The fraction of sp³-hybridized carbons (Fsp3) is 0.391. The van der Waals surface area contributed by atoms with E-state index in [2.05, 4.69) is 47.6 Å². The highest BCUT2D eigenvalue weighted by Crippen LogP contribution is 2.27. The normalized spacial score (nSPS) is 14.3. The Balaban J connectivity index is 1.57. The maximum atomic E-state index is 12.6. The van der Waals surface area contributed by atoms with Gasteiger partial charge in [-0.1, -0.05) is 12.1 Å². The molecule has 2 aromatic carbocycles. The van der Waals surface area contributed by atoms with Crippen LogP contribution in [0, 0.1) is 13.8 Å². The van der Waals surface area contributed by atoms with Crippen molar-refractivity contribution in [3.63, 3.8) is 0 Å². The smallest absolute Gasteiger partial charge is 0.279 e. The van der Waals surface area contributed by atoms with Gasteiger partial charge in [-0.15, -0.1) is 0 Å². The summed E-state index contributed by atoms with van der Waals surface area (Å²) < 4.78 is 5.34. The van der Waals surface area contributed by atoms with Gasteiger partial charge in [-0.05, 0) is 49.2 Å². The third-order valence-corrected chi connectivity index (χ3v) is 5.59. The topological polar surface area (TPSA) is 75.1 Å². The fourth-order valence-corrected chi connectivity index (χ4v) is 3.83. The molecule has 2 amide bonds. The van der Waals surface area contributed by atoms with Gasteiger partial charge < -0.3 is 25.2 Å². The molecule has 3 N–H and O–H groups in total. The Labute approximate surface area is 178 Å². The molecule has 0 atom stereocenters. The molecule has 1 aliphatic rings. The Morgan fingerprint density at radius 3 is 2.50 bits per heavy atom. The van der Waals surface area contributed by atoms with Crippen LogP contribution in [-0.2, 0) is 9.59 Å². The average molecular weight is 412 g/mol. The first-order valence-corrected chi connectivity index (χ1v) is 10.3. The molecule has 1 fully saturated rings. The highest BCUT2D eigenvalue weighted by Gasteiger charge is 2.24. The molecule has 7 heteroatoms. The lowest BCUT2D eigenvalue weighted by Gasteiger charge is -2.34. The van der Waals surface area contributed by atoms with Gasteiger partial charge in [-0.3, -0.25) is 9.59 Å². The lowest BCUT2D eigenvalue weighted by Crippen LogP contribution is -3.15. The van der Waals surface area contributed by atoms with Crippen LogP contribution >= 0.6 is 0 Å². The van der Waals surface area contributed by atoms with E-state index in [0.717, 1.165) is 26.2 Å². The van der Waals surface area contributed by atoms with Crippen molar-refractivity contribution in [3.8, 4) is 5.75 Å². The highest BCUT2D eigenvalue weighted by atomic mass is 16.5. The molecule has 0 aromatic heterocycles. The van der Waals surface area contributed by atoms with Crippen LogP contribution in [0.4, 0.5) is 17.1 Å². The zero-order chi connectivity index (χ0) is 21.7. The molecule has 160 valence electrons. The molecule has 0 unspecified atom stereocenters. The van der Waals surface area contributed by atoms with Crippen LogP contribution < -0.4 is 25.2 Å². The van der Waals surface area contributed by atoms with Gasteiger partial charge in [0.1, 0.15) is 5.75 Å². The summed E-state index contributed by atoms with van der Waals surface area (Å²) in [5.74, 6) is 0.333. The zero-order valence-corrected chi connectivity index (χ0v) is 18.2. The molecule has 3 rings (SSSR count). The van der Waals surface area contributed by atoms with E-state index in [4.69, 9.17) is 4.74 Å². The molecule has 1 saturated heterocycles. The summed E-state index contributed by atoms with van der Waals surface area (Å²) in [6, 6.07) is 11.6. The van der Waals surface area contributed by atoms with Crippen molar-refractivity contribution >= 4 is 28.9 Å². The lowest BCUT2D eigenvalue weighted by atomic mass is 10.1. The Kier molecular flexibility index (Phi) is 6.95. The summed E-state index contributed by atoms with van der Waals surface area (Å²) in [6.45, 7) is 9.81. The van der Waals surface area contributed by atoms with Gasteiger partial charge in [0.05, 0.1) is 39.0 Å². The number of aryl methyl sites for hydroxylation is 1. The second-order valence-electron chi connectivity index (χ2n) is 7.78. The van der Waals surface area contributed by atoms with E-state index < -0.39 is 0 Å². The number of nitrogens with zero attached hydrogens (tertiary/aromatic N) is 1. The second kappa shape index (κ2) is 9.63. The second-order valence-corrected chi connectivity index (χ2v) is 7.78. The van der Waals surface area contributed by atoms with Crippen LogP contribution in [-0.4, -0.2) is 51.6 Å². The fourth-order valence-electron chi connectivity index (χ4n) is 3.83. The van der Waals surface area contributed by atoms with E-state index in [1.807, 2.05) is 0 Å². The van der Waals surface area contributed by atoms with Gasteiger partial charge in [-0.25, -0.2) is 0 Å². The van der Waals surface area contributed by atoms with Crippen molar-refractivity contribution in [3.05, 3.63) is 47.5 Å². The van der Waals surface area contributed by atoms with Crippen LogP contribution in [0.2, 0.25) is 0 Å². The maximum absolute atomic E-state index is 12.6. The number of ether oxygens (including phenoxy) is 1. The molecule has 0 bridgehead atoms. The largest absolute Gasteiger partial charge is 0.495 e. The standard InChI is InChI=1S/C23H30N4O3/c1-16-6-5-7-21(17(16)2)27-12-10-26(11-13-27)15-23(29)25-20-14-19(24-18(3)28)8-9-22(20)30-4/h5-9,14H,10-13,15H2,1-4H3,(H,24,28)(H,25,29)/p+1. The third kappa shape index (κ3) is 5.30. The van der Waals surface area contributed by atoms with Gasteiger partial charge in [0.15, 0.2) is 6.54 Å². The van der Waals surface area contributed by atoms with Crippen molar-refractivity contribution in [1.29, 1.82) is 0 Å². The summed E-state index contributed by atoms with van der Waals surface area (Å²) in [5, 5.41) is 5.66. The number of piperazine rings is 1. The first-order chi connectivity index (χ1) is 14.4. The summed E-state index contributed by atoms with van der Waals surface area (Å²) >= 11 is 0. The molecule has 0 spiro atoms. The lowest BCUT2D eigenvalue weighted by molar-refractivity contribution is -0.892. The van der Waals surface area contributed by atoms with Crippen molar-refractivity contribution in [2.45, 2.75) is 20.8 Å². The van der Waals surface area contributed by atoms with Crippen LogP contribution in [0.5, 0.6) is 5.75 Å². The molecule has 2 aromatic rings. The average Bonchev–Trinajstić information content (AvgIpc) is 2.70. The first-order valence-electron chi connectivity index (χ1n) is 10.3. The van der Waals surface area contributed by atoms with Crippen molar-refractivity contribution in [1.82, 2.24) is 0 Å². The number of amides is 2. The number of carbonyl (C=O) groups excluding carboxylic acids is 2. The first kappa shape index (κ1) is 21.6. The van der Waals surface area contributed by atoms with E-state index in [0.29, 0.717) is 23.7 Å². The predicted molar refractivity (Wildman–Crippen MR) is 120 cm³/mol. The molecule has 0 aliphatic carbocycles. The number of benzene rings is 2. The van der Waals surface area contributed by atoms with Gasteiger partial charge >= 0.3 is 0 Å². The third-order valence-electron chi connectivity index (χ3n) is 5.59. The molecule has 7 nitrogen and oxygen atoms in total. The number of methoxy groups -OCH3 is 1. The maximum Gasteiger partial charge on any atom is 0.279 e. The highest BCUT2D eigenvalue weighted by molar-refractivity contribution is 5.95. The zero-order valence-electron chi connectivity index (χ0n) is 18.2. The SMILES string of the molecule is COc1ccc(NC(C)=O)cc1NC(=O)C[NH+]1CCN(c2cccc(C)c2C)CC1. The molecule has 1 aliphatic heterocycles. The number of quaternary nitrogens is 1. The van der Waals surface area contributed by atoms with Gasteiger partial charge in [0, 0.05) is 18.3 Å². The van der Waals surface area contributed by atoms with Crippen LogP contribution in [0.3, 0.4) is 0 Å². The quantitative estimate of drug-likeness (QED) is 0.675. The van der Waals surface area contributed by atoms with Gasteiger partial charge in [0.25, 0.3) is 5.91 Å². The van der Waals surface area contributed by atoms with E-state index >= 15 is 0 Å². The Morgan fingerprint density at radius 2 is 1.83 bits per heavy atom. The minimum atomic E-state index is -0.163. The minimum absolute atomic E-state index is 0.0662. The predicted octanol–water partition coefficient (Wildman–Crippen LogP) is 1.61. The summed E-state index contributed by atoms with van der Waals surface area (Å²) in [5.41, 5.74) is 5.09. The van der Waals surface area contributed by atoms with Crippen LogP contribution in [0.1, 0.15) is 18.1 Å². The summed E-state index contributed by atoms with van der Waals surface area (Å²) in [7, 11) is 1.56. The van der Waals surface area contributed by atoms with Crippen molar-refractivity contribution in [2.75, 3.05) is 55.4 Å². The summed E-state index contributed by atoms with van der Waals surface area (Å²) in [4.78, 5) is 27.6. The van der Waals surface area contributed by atoms with Gasteiger partial charge in [-0.2, -0.15) is 0 Å². The Morgan fingerprint density at radius 1 is 1.10 bits per heavy atom. The number of nitrogens with one attached hydrogen (secondary N) is 3. The number of rotatable bonds is 6. The number of anilines is 3. The molecule has 0 saturated carbocycles. The number of hydrogen-bond acceptors (Lipinski definition) is 4. The molecule has 0 radical (unpaired) electrons. The molecule has 30 heavy (non-hydrogen) atoms. The van der Waals surface area contributed by atoms with Crippen molar-refractivity contribution < 1.29 is 19.2 Å². The Hall–Kier alpha value is -3.06. The molecule has 1 heterocycles. The van der Waals surface area contributed by atoms with Crippen LogP contribution in [0.25, 0.3) is 0 Å². The van der Waals surface area contributed by atoms with Crippen LogP contribution in [0.15, 0.2) is 36.4 Å². The van der Waals surface area contributed by atoms with Crippen molar-refractivity contribution in [2.24, 2.45) is 0 Å². The molecular formula is C23H31N4O3+. The monoisotopic (exact) mass is 411 g/mol. The van der Waals surface area contributed by atoms with Gasteiger partial charge in [0.2, 0.25) is 5.91 Å². The van der Waals surface area contributed by atoms with E-state index in [1.165, 1.54) is 28.6 Å². The summed E-state index contributed by atoms with van der Waals surface area (Å²) in [6.07, 6.45) is 0. The van der Waals surface area contributed by atoms with E-state index in [1.54, 1.807) is 25.3 Å². The number of carbonyl (C=O) groups is 2. The van der Waals surface area contributed by atoms with E-state index in [-0.39, 0.29) is 11.8 Å². The number of hydrogen-bond donors (Lipinski definition) is 3. The molecular weight excluding hydrogens is 380 g/mol. The Bertz CT molecular complexity index is 921.